The average Bonchev–Trinajstić information content (AvgIpc) is 2.84. The van der Waals surface area contributed by atoms with Crippen molar-refractivity contribution in [3.05, 3.63) is 77.9 Å². The molecule has 0 saturated heterocycles. The molecule has 0 atom stereocenters. The summed E-state index contributed by atoms with van der Waals surface area (Å²) >= 11 is 0. The Labute approximate surface area is 201 Å². The summed E-state index contributed by atoms with van der Waals surface area (Å²) in [6.45, 7) is 1.85. The van der Waals surface area contributed by atoms with E-state index in [0.717, 1.165) is 12.1 Å². The first-order valence-electron chi connectivity index (χ1n) is 10.2. The first kappa shape index (κ1) is 25.3. The van der Waals surface area contributed by atoms with E-state index in [0.29, 0.717) is 11.4 Å². The fourth-order valence-corrected chi connectivity index (χ4v) is 3.60. The van der Waals surface area contributed by atoms with E-state index in [2.05, 4.69) is 15.7 Å². The molecular formula is C23H22N4O7S. The zero-order valence-corrected chi connectivity index (χ0v) is 19.6. The number of carbonyl (C=O) groups excluding carboxylic acids is 1. The molecule has 3 rings (SSSR count). The van der Waals surface area contributed by atoms with Crippen molar-refractivity contribution in [1.82, 2.24) is 0 Å². The molecule has 12 heteroatoms. The van der Waals surface area contributed by atoms with E-state index in [4.69, 9.17) is 4.74 Å². The van der Waals surface area contributed by atoms with E-state index >= 15 is 0 Å². The molecule has 0 saturated carbocycles. The second-order valence-corrected chi connectivity index (χ2v) is 8.49. The first-order chi connectivity index (χ1) is 16.6. The molecule has 0 heterocycles. The largest absolute Gasteiger partial charge is 0.494 e. The molecule has 0 aliphatic heterocycles. The Kier molecular flexibility index (Phi) is 7.79. The van der Waals surface area contributed by atoms with Gasteiger partial charge in [-0.1, -0.05) is 23.4 Å². The maximum Gasteiger partial charge on any atom is 0.337 e. The van der Waals surface area contributed by atoms with Crippen molar-refractivity contribution in [2.45, 2.75) is 11.8 Å². The number of rotatable bonds is 9. The Hall–Kier alpha value is -4.29. The van der Waals surface area contributed by atoms with Crippen LogP contribution in [0.4, 0.5) is 17.1 Å². The van der Waals surface area contributed by atoms with Crippen LogP contribution in [-0.2, 0) is 10.1 Å². The molecule has 0 aliphatic rings. The van der Waals surface area contributed by atoms with Gasteiger partial charge in [0.15, 0.2) is 0 Å². The van der Waals surface area contributed by atoms with E-state index in [1.54, 1.807) is 43.3 Å². The molecule has 0 unspecified atom stereocenters. The number of nitrogens with one attached hydrogen (secondary N) is 1. The summed E-state index contributed by atoms with van der Waals surface area (Å²) in [5.41, 5.74) is 0.758. The monoisotopic (exact) mass is 498 g/mol. The van der Waals surface area contributed by atoms with Gasteiger partial charge in [-0.2, -0.15) is 8.42 Å². The van der Waals surface area contributed by atoms with Gasteiger partial charge in [0.05, 0.1) is 23.3 Å². The maximum atomic E-state index is 12.6. The Bertz CT molecular complexity index is 1380. The quantitative estimate of drug-likeness (QED) is 0.222. The predicted molar refractivity (Wildman–Crippen MR) is 128 cm³/mol. The first-order valence-corrected chi connectivity index (χ1v) is 11.7. The molecule has 0 fully saturated rings. The summed E-state index contributed by atoms with van der Waals surface area (Å²) in [4.78, 5) is 23.8. The lowest BCUT2D eigenvalue weighted by Crippen LogP contribution is -2.18. The number of methoxy groups -OCH3 is 1. The van der Waals surface area contributed by atoms with Crippen LogP contribution in [0.1, 0.15) is 27.6 Å². The van der Waals surface area contributed by atoms with Crippen LogP contribution in [0, 0.1) is 0 Å². The number of para-hydroxylation sites is 1. The standard InChI is InChI=1S/C23H22N4O7S/c1-3-27(20-11-10-17(35(31,32)33)14-18(20)23(29)30)26-25-19-13-15(9-12-21(19)34-2)22(28)24-16-7-5-4-6-8-16/h4-14H,3H2,1-2H3,(H,24,28)(H,29,30)(H,31,32,33). The number of carboxylic acid groups (broad SMARTS) is 1. The fraction of sp³-hybridized carbons (Fsp3) is 0.130. The van der Waals surface area contributed by atoms with Crippen LogP contribution in [-0.4, -0.2) is 43.6 Å². The molecule has 182 valence electrons. The molecule has 11 nitrogen and oxygen atoms in total. The molecule has 1 amide bonds. The number of carbonyl (C=O) groups is 2. The third-order valence-corrected chi connectivity index (χ3v) is 5.66. The van der Waals surface area contributed by atoms with Crippen molar-refractivity contribution >= 4 is 39.1 Å². The summed E-state index contributed by atoms with van der Waals surface area (Å²) in [6, 6.07) is 16.6. The van der Waals surface area contributed by atoms with Crippen molar-refractivity contribution in [3.8, 4) is 5.75 Å². The number of amides is 1. The molecule has 3 N–H and O–H groups in total. The van der Waals surface area contributed by atoms with Gasteiger partial charge >= 0.3 is 5.97 Å². The van der Waals surface area contributed by atoms with Crippen LogP contribution in [0.15, 0.2) is 82.0 Å². The Balaban J connectivity index is 1.94. The Morgan fingerprint density at radius 1 is 1.06 bits per heavy atom. The minimum atomic E-state index is -4.60. The highest BCUT2D eigenvalue weighted by atomic mass is 32.2. The number of hydrogen-bond acceptors (Lipinski definition) is 7. The SMILES string of the molecule is CCN(N=Nc1cc(C(=O)Nc2ccccc2)ccc1OC)c1ccc(S(=O)(=O)O)cc1C(=O)O. The van der Waals surface area contributed by atoms with Crippen molar-refractivity contribution in [3.63, 3.8) is 0 Å². The smallest absolute Gasteiger partial charge is 0.337 e. The summed E-state index contributed by atoms with van der Waals surface area (Å²) in [7, 11) is -3.18. The number of hydrogen-bond donors (Lipinski definition) is 3. The molecular weight excluding hydrogens is 476 g/mol. The van der Waals surface area contributed by atoms with Gasteiger partial charge in [-0.25, -0.2) is 9.80 Å². The molecule has 0 aliphatic carbocycles. The number of anilines is 2. The lowest BCUT2D eigenvalue weighted by atomic mass is 10.1. The highest BCUT2D eigenvalue weighted by Crippen LogP contribution is 2.31. The highest BCUT2D eigenvalue weighted by Gasteiger charge is 2.20. The molecule has 0 spiro atoms. The normalized spacial score (nSPS) is 11.3. The zero-order valence-electron chi connectivity index (χ0n) is 18.7. The van der Waals surface area contributed by atoms with Crippen LogP contribution in [0.25, 0.3) is 0 Å². The third kappa shape index (κ3) is 6.19. The zero-order chi connectivity index (χ0) is 25.6. The second kappa shape index (κ2) is 10.8. The van der Waals surface area contributed by atoms with Crippen molar-refractivity contribution in [2.75, 3.05) is 24.0 Å². The van der Waals surface area contributed by atoms with Gasteiger partial charge in [0.1, 0.15) is 11.4 Å². The maximum absolute atomic E-state index is 12.6. The number of aromatic carboxylic acids is 1. The van der Waals surface area contributed by atoms with E-state index in [1.807, 2.05) is 6.07 Å². The van der Waals surface area contributed by atoms with Crippen LogP contribution in [0.2, 0.25) is 0 Å². The molecule has 3 aromatic carbocycles. The van der Waals surface area contributed by atoms with Crippen LogP contribution < -0.4 is 15.1 Å². The number of nitrogens with zero attached hydrogens (tertiary/aromatic N) is 3. The molecule has 0 aromatic heterocycles. The average molecular weight is 499 g/mol. The van der Waals surface area contributed by atoms with Crippen molar-refractivity contribution < 1.29 is 32.4 Å². The highest BCUT2D eigenvalue weighted by molar-refractivity contribution is 7.85. The van der Waals surface area contributed by atoms with E-state index < -0.39 is 26.5 Å². The lowest BCUT2D eigenvalue weighted by molar-refractivity contribution is 0.0697. The predicted octanol–water partition coefficient (Wildman–Crippen LogP) is 4.42. The van der Waals surface area contributed by atoms with Gasteiger partial charge in [-0.05, 0) is 55.5 Å². The molecule has 3 aromatic rings. The summed E-state index contributed by atoms with van der Waals surface area (Å²) in [6.07, 6.45) is 0. The summed E-state index contributed by atoms with van der Waals surface area (Å²) in [5, 5.41) is 21.8. The number of benzene rings is 3. The molecule has 35 heavy (non-hydrogen) atoms. The molecule has 0 radical (unpaired) electrons. The minimum Gasteiger partial charge on any atom is -0.494 e. The van der Waals surface area contributed by atoms with Crippen LogP contribution >= 0.6 is 0 Å². The fourth-order valence-electron chi connectivity index (χ4n) is 3.09. The minimum absolute atomic E-state index is 0.0492. The van der Waals surface area contributed by atoms with Gasteiger partial charge in [0.2, 0.25) is 0 Å². The third-order valence-electron chi connectivity index (χ3n) is 4.81. The molecule has 0 bridgehead atoms. The van der Waals surface area contributed by atoms with Gasteiger partial charge in [0.25, 0.3) is 16.0 Å². The Morgan fingerprint density at radius 3 is 2.37 bits per heavy atom. The second-order valence-electron chi connectivity index (χ2n) is 7.07. The van der Waals surface area contributed by atoms with Crippen molar-refractivity contribution in [2.24, 2.45) is 10.3 Å². The van der Waals surface area contributed by atoms with E-state index in [-0.39, 0.29) is 29.4 Å². The lowest BCUT2D eigenvalue weighted by Gasteiger charge is -2.18. The number of carboxylic acids is 1. The van der Waals surface area contributed by atoms with Gasteiger partial charge in [-0.15, -0.1) is 5.11 Å². The van der Waals surface area contributed by atoms with Crippen molar-refractivity contribution in [1.29, 1.82) is 0 Å². The summed E-state index contributed by atoms with van der Waals surface area (Å²) in [5.74, 6) is -1.48. The van der Waals surface area contributed by atoms with Gasteiger partial charge in [-0.3, -0.25) is 9.35 Å². The van der Waals surface area contributed by atoms with E-state index in [1.165, 1.54) is 24.3 Å². The van der Waals surface area contributed by atoms with Gasteiger partial charge < -0.3 is 15.2 Å². The topological polar surface area (TPSA) is 158 Å². The summed E-state index contributed by atoms with van der Waals surface area (Å²) < 4.78 is 37.3. The van der Waals surface area contributed by atoms with Crippen LogP contribution in [0.3, 0.4) is 0 Å². The van der Waals surface area contributed by atoms with Crippen LogP contribution in [0.5, 0.6) is 5.75 Å². The Morgan fingerprint density at radius 2 is 1.77 bits per heavy atom. The van der Waals surface area contributed by atoms with E-state index in [9.17, 15) is 27.7 Å². The van der Waals surface area contributed by atoms with Gasteiger partial charge in [0, 0.05) is 17.8 Å². The number of ether oxygens (including phenoxy) is 1.